The predicted molar refractivity (Wildman–Crippen MR) is 74.9 cm³/mol. The number of nitrogens with one attached hydrogen (secondary N) is 1. The van der Waals surface area contributed by atoms with Gasteiger partial charge in [0.15, 0.2) is 0 Å². The summed E-state index contributed by atoms with van der Waals surface area (Å²) in [6, 6.07) is 2.15. The third-order valence-corrected chi connectivity index (χ3v) is 3.08. The number of anilines is 1. The van der Waals surface area contributed by atoms with Gasteiger partial charge >= 0.3 is 0 Å². The summed E-state index contributed by atoms with van der Waals surface area (Å²) in [7, 11) is 0. The van der Waals surface area contributed by atoms with Gasteiger partial charge in [-0.2, -0.15) is 0 Å². The van der Waals surface area contributed by atoms with Gasteiger partial charge in [-0.3, -0.25) is 0 Å². The van der Waals surface area contributed by atoms with Gasteiger partial charge in [0.25, 0.3) is 0 Å². The first-order valence-electron chi connectivity index (χ1n) is 6.81. The van der Waals surface area contributed by atoms with Crippen LogP contribution >= 0.6 is 0 Å². The summed E-state index contributed by atoms with van der Waals surface area (Å²) in [4.78, 5) is 11.2. The van der Waals surface area contributed by atoms with Crippen molar-refractivity contribution >= 4 is 5.82 Å². The van der Waals surface area contributed by atoms with Gasteiger partial charge in [0, 0.05) is 31.4 Å². The van der Waals surface area contributed by atoms with Crippen molar-refractivity contribution < 1.29 is 0 Å². The van der Waals surface area contributed by atoms with E-state index in [9.17, 15) is 0 Å². The first kappa shape index (κ1) is 13.3. The molecule has 1 aromatic rings. The van der Waals surface area contributed by atoms with Crippen LogP contribution in [0, 0.1) is 5.41 Å². The van der Waals surface area contributed by atoms with E-state index in [1.807, 2.05) is 0 Å². The molecule has 1 N–H and O–H groups in total. The highest BCUT2D eigenvalue weighted by Gasteiger charge is 2.15. The maximum atomic E-state index is 4.42. The maximum absolute atomic E-state index is 4.42. The van der Waals surface area contributed by atoms with Gasteiger partial charge in [-0.15, -0.1) is 0 Å². The smallest absolute Gasteiger partial charge is 0.132 e. The van der Waals surface area contributed by atoms with Crippen molar-refractivity contribution in [2.75, 3.05) is 31.1 Å². The van der Waals surface area contributed by atoms with E-state index in [1.54, 1.807) is 6.33 Å². The van der Waals surface area contributed by atoms with E-state index >= 15 is 0 Å². The molecule has 0 unspecified atom stereocenters. The van der Waals surface area contributed by atoms with E-state index in [-0.39, 0.29) is 5.41 Å². The number of hydrogen-bond donors (Lipinski definition) is 1. The summed E-state index contributed by atoms with van der Waals surface area (Å²) in [6.07, 6.45) is 3.88. The molecule has 4 nitrogen and oxygen atoms in total. The lowest BCUT2D eigenvalue weighted by atomic mass is 9.90. The van der Waals surface area contributed by atoms with E-state index in [1.165, 1.54) is 6.42 Å². The van der Waals surface area contributed by atoms with Gasteiger partial charge < -0.3 is 10.2 Å². The van der Waals surface area contributed by atoms with Crippen LogP contribution in [-0.4, -0.2) is 36.1 Å². The normalized spacial score (nSPS) is 17.6. The Bertz CT molecular complexity index is 376. The average Bonchev–Trinajstić information content (AvgIpc) is 2.55. The molecule has 1 saturated heterocycles. The molecule has 1 aromatic heterocycles. The number of aromatic nitrogens is 2. The molecule has 0 bridgehead atoms. The Kier molecular flexibility index (Phi) is 4.17. The molecule has 2 heterocycles. The zero-order valence-electron chi connectivity index (χ0n) is 11.7. The summed E-state index contributed by atoms with van der Waals surface area (Å²) in [5.41, 5.74) is 1.41. The van der Waals surface area contributed by atoms with Gasteiger partial charge in [0.1, 0.15) is 12.1 Å². The summed E-state index contributed by atoms with van der Waals surface area (Å²) in [6.45, 7) is 11.0. The van der Waals surface area contributed by atoms with Gasteiger partial charge in [-0.1, -0.05) is 20.8 Å². The van der Waals surface area contributed by atoms with E-state index in [0.717, 1.165) is 44.1 Å². The first-order valence-corrected chi connectivity index (χ1v) is 6.81. The highest BCUT2D eigenvalue weighted by molar-refractivity contribution is 5.39. The average molecular weight is 248 g/mol. The van der Waals surface area contributed by atoms with Crippen molar-refractivity contribution in [3.8, 4) is 0 Å². The largest absolute Gasteiger partial charge is 0.355 e. The highest BCUT2D eigenvalue weighted by atomic mass is 15.2. The van der Waals surface area contributed by atoms with Gasteiger partial charge in [0.2, 0.25) is 0 Å². The van der Waals surface area contributed by atoms with Crippen LogP contribution in [0.3, 0.4) is 0 Å². The molecule has 0 amide bonds. The van der Waals surface area contributed by atoms with E-state index in [0.29, 0.717) is 0 Å². The Morgan fingerprint density at radius 2 is 2.06 bits per heavy atom. The molecule has 2 rings (SSSR count). The summed E-state index contributed by atoms with van der Waals surface area (Å²) < 4.78 is 0. The van der Waals surface area contributed by atoms with Crippen LogP contribution < -0.4 is 10.2 Å². The fourth-order valence-corrected chi connectivity index (χ4v) is 2.27. The molecule has 100 valence electrons. The molecule has 1 fully saturated rings. The third-order valence-electron chi connectivity index (χ3n) is 3.08. The van der Waals surface area contributed by atoms with Crippen molar-refractivity contribution in [3.63, 3.8) is 0 Å². The Hall–Kier alpha value is -1.16. The number of hydrogen-bond acceptors (Lipinski definition) is 4. The third kappa shape index (κ3) is 3.95. The molecule has 0 aliphatic carbocycles. The van der Waals surface area contributed by atoms with Crippen molar-refractivity contribution in [1.29, 1.82) is 0 Å². The maximum Gasteiger partial charge on any atom is 0.132 e. The van der Waals surface area contributed by atoms with Crippen LogP contribution in [0.15, 0.2) is 12.4 Å². The Balaban J connectivity index is 2.10. The monoisotopic (exact) mass is 248 g/mol. The van der Waals surface area contributed by atoms with E-state index in [2.05, 4.69) is 47.0 Å². The second kappa shape index (κ2) is 5.65. The van der Waals surface area contributed by atoms with Gasteiger partial charge in [-0.05, 0) is 24.8 Å². The Morgan fingerprint density at radius 3 is 2.83 bits per heavy atom. The summed E-state index contributed by atoms with van der Waals surface area (Å²) in [5, 5.41) is 3.41. The molecule has 0 atom stereocenters. The van der Waals surface area contributed by atoms with E-state index in [4.69, 9.17) is 0 Å². The molecule has 18 heavy (non-hydrogen) atoms. The minimum absolute atomic E-state index is 0.270. The fourth-order valence-electron chi connectivity index (χ4n) is 2.27. The predicted octanol–water partition coefficient (Wildman–Crippen LogP) is 1.86. The van der Waals surface area contributed by atoms with Crippen molar-refractivity contribution in [3.05, 3.63) is 18.1 Å². The van der Waals surface area contributed by atoms with Crippen molar-refractivity contribution in [1.82, 2.24) is 15.3 Å². The molecular weight excluding hydrogens is 224 g/mol. The molecule has 0 saturated carbocycles. The van der Waals surface area contributed by atoms with Crippen LogP contribution in [0.4, 0.5) is 5.82 Å². The molecule has 1 aliphatic rings. The second-order valence-electron chi connectivity index (χ2n) is 6.20. The number of nitrogens with zero attached hydrogens (tertiary/aromatic N) is 3. The van der Waals surface area contributed by atoms with Gasteiger partial charge in [0.05, 0.1) is 0 Å². The summed E-state index contributed by atoms with van der Waals surface area (Å²) >= 11 is 0. The van der Waals surface area contributed by atoms with Crippen LogP contribution in [0.1, 0.15) is 32.9 Å². The van der Waals surface area contributed by atoms with Crippen molar-refractivity contribution in [2.45, 2.75) is 33.6 Å². The number of rotatable bonds is 2. The molecule has 0 radical (unpaired) electrons. The molecule has 4 heteroatoms. The van der Waals surface area contributed by atoms with Crippen LogP contribution in [-0.2, 0) is 6.42 Å². The highest BCUT2D eigenvalue weighted by Crippen LogP contribution is 2.21. The minimum atomic E-state index is 0.270. The van der Waals surface area contributed by atoms with E-state index < -0.39 is 0 Å². The van der Waals surface area contributed by atoms with Crippen molar-refractivity contribution in [2.24, 2.45) is 5.41 Å². The minimum Gasteiger partial charge on any atom is -0.355 e. The lowest BCUT2D eigenvalue weighted by Gasteiger charge is -2.22. The quantitative estimate of drug-likeness (QED) is 0.867. The Morgan fingerprint density at radius 1 is 1.22 bits per heavy atom. The van der Waals surface area contributed by atoms with Gasteiger partial charge in [-0.25, -0.2) is 9.97 Å². The lowest BCUT2D eigenvalue weighted by molar-refractivity contribution is 0.406. The SMILES string of the molecule is CC(C)(C)Cc1cc(N2CCCNCC2)ncn1. The molecule has 0 spiro atoms. The Labute approximate surface area is 110 Å². The molecule has 0 aromatic carbocycles. The second-order valence-corrected chi connectivity index (χ2v) is 6.20. The zero-order valence-corrected chi connectivity index (χ0v) is 11.7. The first-order chi connectivity index (χ1) is 8.54. The summed E-state index contributed by atoms with van der Waals surface area (Å²) in [5.74, 6) is 1.08. The standard InChI is InChI=1S/C14H24N4/c1-14(2,3)10-12-9-13(17-11-16-12)18-7-4-5-15-6-8-18/h9,11,15H,4-8,10H2,1-3H3. The fraction of sp³-hybridized carbons (Fsp3) is 0.714. The van der Waals surface area contributed by atoms with Crippen LogP contribution in [0.5, 0.6) is 0 Å². The molecular formula is C14H24N4. The topological polar surface area (TPSA) is 41.0 Å². The zero-order chi connectivity index (χ0) is 13.0. The lowest BCUT2D eigenvalue weighted by Crippen LogP contribution is -2.28. The van der Waals surface area contributed by atoms with Crippen LogP contribution in [0.25, 0.3) is 0 Å². The molecule has 1 aliphatic heterocycles. The van der Waals surface area contributed by atoms with Crippen LogP contribution in [0.2, 0.25) is 0 Å².